The Morgan fingerprint density at radius 1 is 1.43 bits per heavy atom. The quantitative estimate of drug-likeness (QED) is 0.779. The monoisotopic (exact) mass is 217 g/mol. The van der Waals surface area contributed by atoms with Crippen molar-refractivity contribution in [3.63, 3.8) is 0 Å². The van der Waals surface area contributed by atoms with Gasteiger partial charge in [0.05, 0.1) is 5.25 Å². The molecule has 3 atom stereocenters. The van der Waals surface area contributed by atoms with E-state index in [2.05, 4.69) is 4.72 Å². The van der Waals surface area contributed by atoms with Gasteiger partial charge in [-0.05, 0) is 44.6 Å². The minimum Gasteiger partial charge on any atom is -0.218 e. The van der Waals surface area contributed by atoms with Crippen molar-refractivity contribution in [1.29, 1.82) is 0 Å². The molecule has 0 amide bonds. The molecule has 0 saturated heterocycles. The lowest BCUT2D eigenvalue weighted by molar-refractivity contribution is 0.326. The molecule has 2 aliphatic rings. The van der Waals surface area contributed by atoms with E-state index in [4.69, 9.17) is 0 Å². The van der Waals surface area contributed by atoms with Crippen LogP contribution in [0.1, 0.15) is 39.0 Å². The summed E-state index contributed by atoms with van der Waals surface area (Å²) in [6.07, 6.45) is 5.98. The molecule has 3 unspecified atom stereocenters. The van der Waals surface area contributed by atoms with Crippen molar-refractivity contribution in [3.8, 4) is 0 Å². The molecular formula is C10H19NO2S. The van der Waals surface area contributed by atoms with Crippen LogP contribution in [-0.2, 0) is 10.0 Å². The van der Waals surface area contributed by atoms with Gasteiger partial charge in [-0.1, -0.05) is 12.8 Å². The van der Waals surface area contributed by atoms with Crippen LogP contribution in [0.3, 0.4) is 0 Å². The summed E-state index contributed by atoms with van der Waals surface area (Å²) < 4.78 is 25.9. The molecule has 4 heteroatoms. The van der Waals surface area contributed by atoms with Crippen molar-refractivity contribution in [2.24, 2.45) is 11.3 Å². The van der Waals surface area contributed by atoms with Crippen molar-refractivity contribution in [1.82, 2.24) is 4.72 Å². The maximum Gasteiger partial charge on any atom is 0.214 e. The molecule has 0 radical (unpaired) electrons. The number of sulfonamides is 1. The number of fused-ring (bicyclic) bond motifs is 1. The van der Waals surface area contributed by atoms with Gasteiger partial charge < -0.3 is 0 Å². The third kappa shape index (κ3) is 1.39. The average Bonchev–Trinajstić information content (AvgIpc) is 2.92. The summed E-state index contributed by atoms with van der Waals surface area (Å²) in [6, 6.07) is 0. The third-order valence-electron chi connectivity index (χ3n) is 4.28. The molecule has 2 rings (SSSR count). The van der Waals surface area contributed by atoms with Gasteiger partial charge in [-0.25, -0.2) is 13.1 Å². The predicted octanol–water partition coefficient (Wildman–Crippen LogP) is 1.50. The maximum absolute atomic E-state index is 11.7. The van der Waals surface area contributed by atoms with Crippen LogP contribution in [0.4, 0.5) is 0 Å². The Morgan fingerprint density at radius 2 is 2.14 bits per heavy atom. The first-order valence-electron chi connectivity index (χ1n) is 5.45. The van der Waals surface area contributed by atoms with Gasteiger partial charge in [0.1, 0.15) is 0 Å². The summed E-state index contributed by atoms with van der Waals surface area (Å²) in [5, 5.41) is -0.203. The third-order valence-corrected chi connectivity index (χ3v) is 6.25. The summed E-state index contributed by atoms with van der Waals surface area (Å²) in [5.41, 5.74) is 0.139. The van der Waals surface area contributed by atoms with Crippen LogP contribution in [0, 0.1) is 11.3 Å². The van der Waals surface area contributed by atoms with Crippen LogP contribution < -0.4 is 4.72 Å². The largest absolute Gasteiger partial charge is 0.218 e. The summed E-state index contributed by atoms with van der Waals surface area (Å²) in [4.78, 5) is 0. The van der Waals surface area contributed by atoms with Gasteiger partial charge in [-0.2, -0.15) is 0 Å². The maximum atomic E-state index is 11.7. The highest BCUT2D eigenvalue weighted by atomic mass is 32.2. The molecule has 0 spiro atoms. The van der Waals surface area contributed by atoms with Crippen LogP contribution in [0.25, 0.3) is 0 Å². The smallest absolute Gasteiger partial charge is 0.214 e. The second-order valence-corrected chi connectivity index (χ2v) is 6.98. The van der Waals surface area contributed by atoms with E-state index in [-0.39, 0.29) is 10.7 Å². The number of rotatable bonds is 3. The van der Waals surface area contributed by atoms with E-state index in [1.54, 1.807) is 0 Å². The zero-order valence-electron chi connectivity index (χ0n) is 8.91. The standard InChI is InChI=1S/C10H19NO2S/c1-8(14(12,13)11-2)10-6-4-3-5-9(10)7-10/h8-9,11H,3-7H2,1-2H3. The second kappa shape index (κ2) is 3.20. The molecule has 82 valence electrons. The van der Waals surface area contributed by atoms with Crippen molar-refractivity contribution < 1.29 is 8.42 Å². The van der Waals surface area contributed by atoms with Gasteiger partial charge in [-0.15, -0.1) is 0 Å². The fourth-order valence-corrected chi connectivity index (χ4v) is 4.51. The van der Waals surface area contributed by atoms with Crippen LogP contribution in [-0.4, -0.2) is 20.7 Å². The van der Waals surface area contributed by atoms with E-state index in [0.717, 1.165) is 12.8 Å². The molecule has 2 aliphatic carbocycles. The molecule has 0 aliphatic heterocycles. The molecule has 0 bridgehead atoms. The Kier molecular flexibility index (Phi) is 2.39. The van der Waals surface area contributed by atoms with Crippen molar-refractivity contribution in [3.05, 3.63) is 0 Å². The highest BCUT2D eigenvalue weighted by Gasteiger charge is 2.60. The number of hydrogen-bond donors (Lipinski definition) is 1. The number of nitrogens with one attached hydrogen (secondary N) is 1. The van der Waals surface area contributed by atoms with E-state index in [0.29, 0.717) is 5.92 Å². The van der Waals surface area contributed by atoms with Gasteiger partial charge in [0.2, 0.25) is 10.0 Å². The molecule has 0 aromatic carbocycles. The molecule has 2 saturated carbocycles. The minimum atomic E-state index is -3.06. The van der Waals surface area contributed by atoms with E-state index >= 15 is 0 Å². The Balaban J connectivity index is 2.16. The first-order chi connectivity index (χ1) is 6.53. The normalized spacial score (nSPS) is 38.9. The van der Waals surface area contributed by atoms with Crippen LogP contribution in [0.5, 0.6) is 0 Å². The zero-order chi connectivity index (χ0) is 10.4. The highest BCUT2D eigenvalue weighted by molar-refractivity contribution is 7.90. The first kappa shape index (κ1) is 10.4. The summed E-state index contributed by atoms with van der Waals surface area (Å²) in [7, 11) is -1.55. The van der Waals surface area contributed by atoms with Crippen molar-refractivity contribution >= 4 is 10.0 Å². The van der Waals surface area contributed by atoms with Crippen LogP contribution in [0.15, 0.2) is 0 Å². The topological polar surface area (TPSA) is 46.2 Å². The molecule has 2 fully saturated rings. The summed E-state index contributed by atoms with van der Waals surface area (Å²) >= 11 is 0. The predicted molar refractivity (Wildman–Crippen MR) is 56.4 cm³/mol. The SMILES string of the molecule is CNS(=O)(=O)C(C)C12CCCCC1C2. The van der Waals surface area contributed by atoms with Gasteiger partial charge in [-0.3, -0.25) is 0 Å². The Hall–Kier alpha value is -0.0900. The van der Waals surface area contributed by atoms with Gasteiger partial charge in [0.15, 0.2) is 0 Å². The molecular weight excluding hydrogens is 198 g/mol. The lowest BCUT2D eigenvalue weighted by Gasteiger charge is -2.27. The number of hydrogen-bond acceptors (Lipinski definition) is 2. The molecule has 0 heterocycles. The van der Waals surface area contributed by atoms with Crippen molar-refractivity contribution in [2.75, 3.05) is 7.05 Å². The molecule has 1 N–H and O–H groups in total. The Bertz CT molecular complexity index is 325. The fraction of sp³-hybridized carbons (Fsp3) is 1.00. The highest BCUT2D eigenvalue weighted by Crippen LogP contribution is 2.64. The fourth-order valence-electron chi connectivity index (χ4n) is 3.13. The lowest BCUT2D eigenvalue weighted by atomic mass is 9.86. The zero-order valence-corrected chi connectivity index (χ0v) is 9.73. The molecule has 0 aromatic heterocycles. The Labute approximate surface area is 86.3 Å². The van der Waals surface area contributed by atoms with Crippen LogP contribution >= 0.6 is 0 Å². The van der Waals surface area contributed by atoms with E-state index in [1.807, 2.05) is 6.92 Å². The van der Waals surface area contributed by atoms with Gasteiger partial charge in [0, 0.05) is 0 Å². The van der Waals surface area contributed by atoms with Crippen molar-refractivity contribution in [2.45, 2.75) is 44.3 Å². The first-order valence-corrected chi connectivity index (χ1v) is 7.00. The lowest BCUT2D eigenvalue weighted by Crippen LogP contribution is -2.38. The Morgan fingerprint density at radius 3 is 2.71 bits per heavy atom. The summed E-state index contributed by atoms with van der Waals surface area (Å²) in [5.74, 6) is 0.689. The molecule has 0 aromatic rings. The van der Waals surface area contributed by atoms with E-state index in [1.165, 1.54) is 26.3 Å². The average molecular weight is 217 g/mol. The summed E-state index contributed by atoms with van der Waals surface area (Å²) in [6.45, 7) is 1.87. The van der Waals surface area contributed by atoms with E-state index < -0.39 is 10.0 Å². The van der Waals surface area contributed by atoms with E-state index in [9.17, 15) is 8.42 Å². The molecule has 14 heavy (non-hydrogen) atoms. The molecule has 3 nitrogen and oxygen atoms in total. The van der Waals surface area contributed by atoms with Gasteiger partial charge >= 0.3 is 0 Å². The van der Waals surface area contributed by atoms with Crippen LogP contribution in [0.2, 0.25) is 0 Å². The second-order valence-electron chi connectivity index (χ2n) is 4.77. The van der Waals surface area contributed by atoms with Gasteiger partial charge in [0.25, 0.3) is 0 Å². The minimum absolute atomic E-state index is 0.139.